The summed E-state index contributed by atoms with van der Waals surface area (Å²) < 4.78 is 15.8. The molecule has 0 bridgehead atoms. The number of ether oxygens (including phenoxy) is 3. The van der Waals surface area contributed by atoms with E-state index in [9.17, 15) is 25.5 Å². The van der Waals surface area contributed by atoms with E-state index in [1.807, 2.05) is 0 Å². The van der Waals surface area contributed by atoms with Crippen LogP contribution in [-0.2, 0) is 14.2 Å². The molecular weight excluding hydrogens is 288 g/mol. The predicted molar refractivity (Wildman–Crippen MR) is 65.8 cm³/mol. The van der Waals surface area contributed by atoms with E-state index in [0.717, 1.165) is 0 Å². The Morgan fingerprint density at radius 3 is 2.10 bits per heavy atom. The average molecular weight is 310 g/mol. The molecule has 124 valence electrons. The minimum atomic E-state index is -1.52. The fourth-order valence-corrected chi connectivity index (χ4v) is 2.52. The Hall–Kier alpha value is -0.360. The van der Waals surface area contributed by atoms with Crippen LogP contribution in [0.25, 0.3) is 0 Å². The molecule has 0 aromatic rings. The molecule has 2 fully saturated rings. The lowest BCUT2D eigenvalue weighted by molar-refractivity contribution is -0.330. The van der Waals surface area contributed by atoms with Crippen LogP contribution in [-0.4, -0.2) is 93.1 Å². The molecular formula is C12H22O9. The van der Waals surface area contributed by atoms with E-state index >= 15 is 0 Å². The van der Waals surface area contributed by atoms with Crippen molar-refractivity contribution >= 4 is 0 Å². The molecule has 21 heavy (non-hydrogen) atoms. The molecule has 6 N–H and O–H groups in total. The van der Waals surface area contributed by atoms with Gasteiger partial charge in [0.15, 0.2) is 12.6 Å². The molecule has 2 saturated heterocycles. The van der Waals surface area contributed by atoms with E-state index in [0.29, 0.717) is 12.8 Å². The topological polar surface area (TPSA) is 149 Å². The minimum absolute atomic E-state index is 0.290. The molecule has 0 spiro atoms. The number of aliphatic hydroxyl groups is 6. The third kappa shape index (κ3) is 3.70. The largest absolute Gasteiger partial charge is 0.394 e. The van der Waals surface area contributed by atoms with Gasteiger partial charge in [0, 0.05) is 6.42 Å². The highest BCUT2D eigenvalue weighted by molar-refractivity contribution is 4.90. The average Bonchev–Trinajstić information content (AvgIpc) is 2.49. The van der Waals surface area contributed by atoms with Crippen LogP contribution < -0.4 is 0 Å². The maximum absolute atomic E-state index is 9.87. The molecule has 0 radical (unpaired) electrons. The van der Waals surface area contributed by atoms with Crippen molar-refractivity contribution < 1.29 is 44.8 Å². The second kappa shape index (κ2) is 7.27. The van der Waals surface area contributed by atoms with Gasteiger partial charge in [-0.1, -0.05) is 0 Å². The molecule has 2 rings (SSSR count). The first-order chi connectivity index (χ1) is 9.97. The summed E-state index contributed by atoms with van der Waals surface area (Å²) in [6, 6.07) is 0. The summed E-state index contributed by atoms with van der Waals surface area (Å²) in [6.45, 7) is -0.937. The van der Waals surface area contributed by atoms with Crippen molar-refractivity contribution in [3.63, 3.8) is 0 Å². The van der Waals surface area contributed by atoms with E-state index in [4.69, 9.17) is 19.3 Å². The van der Waals surface area contributed by atoms with Crippen LogP contribution in [0.15, 0.2) is 0 Å². The van der Waals surface area contributed by atoms with Gasteiger partial charge in [0.25, 0.3) is 0 Å². The maximum Gasteiger partial charge on any atom is 0.187 e. The molecule has 8 atom stereocenters. The summed E-state index contributed by atoms with van der Waals surface area (Å²) in [6.07, 6.45) is -8.60. The summed E-state index contributed by atoms with van der Waals surface area (Å²) in [4.78, 5) is 0. The number of rotatable bonds is 4. The van der Waals surface area contributed by atoms with Crippen LogP contribution in [0.2, 0.25) is 0 Å². The van der Waals surface area contributed by atoms with Gasteiger partial charge in [0.1, 0.15) is 30.5 Å². The Balaban J connectivity index is 2.00. The van der Waals surface area contributed by atoms with Crippen LogP contribution >= 0.6 is 0 Å². The van der Waals surface area contributed by atoms with E-state index in [2.05, 4.69) is 0 Å². The van der Waals surface area contributed by atoms with Crippen LogP contribution in [0.1, 0.15) is 12.8 Å². The van der Waals surface area contributed by atoms with E-state index in [1.54, 1.807) is 0 Å². The SMILES string of the molecule is OC[C@H]1O[C@@H](O[C@H]2CCC(O)O[C@@H]2CO)[C@H](O)[C@@H](O)[C@H]1O. The van der Waals surface area contributed by atoms with Gasteiger partial charge >= 0.3 is 0 Å². The predicted octanol–water partition coefficient (Wildman–Crippen LogP) is -3.34. The van der Waals surface area contributed by atoms with Crippen LogP contribution in [0.5, 0.6) is 0 Å². The molecule has 1 unspecified atom stereocenters. The Bertz CT molecular complexity index is 326. The van der Waals surface area contributed by atoms with Crippen molar-refractivity contribution in [2.45, 2.75) is 62.0 Å². The minimum Gasteiger partial charge on any atom is -0.394 e. The lowest BCUT2D eigenvalue weighted by Crippen LogP contribution is -2.60. The first-order valence-corrected chi connectivity index (χ1v) is 6.88. The van der Waals surface area contributed by atoms with Crippen molar-refractivity contribution in [2.24, 2.45) is 0 Å². The second-order valence-corrected chi connectivity index (χ2v) is 5.26. The number of aliphatic hydroxyl groups excluding tert-OH is 6. The van der Waals surface area contributed by atoms with Gasteiger partial charge in [-0.25, -0.2) is 0 Å². The molecule has 0 saturated carbocycles. The summed E-state index contributed by atoms with van der Waals surface area (Å²) in [5, 5.41) is 56.9. The van der Waals surface area contributed by atoms with E-state index in [-0.39, 0.29) is 6.61 Å². The second-order valence-electron chi connectivity index (χ2n) is 5.26. The summed E-state index contributed by atoms with van der Waals surface area (Å²) in [5.74, 6) is 0. The van der Waals surface area contributed by atoms with Gasteiger partial charge in [0.05, 0.1) is 19.3 Å². The smallest absolute Gasteiger partial charge is 0.187 e. The standard InChI is InChI=1S/C12H22O9/c13-3-6-5(1-2-8(15)19-6)20-12-11(18)10(17)9(16)7(4-14)21-12/h5-18H,1-4H2/t5-,6+,7+,8?,9-,10-,11+,12+/m0/s1. The summed E-state index contributed by atoms with van der Waals surface area (Å²) in [7, 11) is 0. The van der Waals surface area contributed by atoms with E-state index in [1.165, 1.54) is 0 Å². The summed E-state index contributed by atoms with van der Waals surface area (Å²) >= 11 is 0. The zero-order chi connectivity index (χ0) is 15.6. The highest BCUT2D eigenvalue weighted by atomic mass is 16.7. The molecule has 9 heteroatoms. The molecule has 0 aromatic heterocycles. The Labute approximate surface area is 121 Å². The molecule has 0 aromatic carbocycles. The lowest BCUT2D eigenvalue weighted by Gasteiger charge is -2.42. The van der Waals surface area contributed by atoms with Gasteiger partial charge in [0.2, 0.25) is 0 Å². The number of hydrogen-bond donors (Lipinski definition) is 6. The normalized spacial score (nSPS) is 48.3. The van der Waals surface area contributed by atoms with Crippen molar-refractivity contribution in [1.29, 1.82) is 0 Å². The van der Waals surface area contributed by atoms with Crippen molar-refractivity contribution in [3.8, 4) is 0 Å². The molecule has 0 aliphatic carbocycles. The zero-order valence-electron chi connectivity index (χ0n) is 11.4. The van der Waals surface area contributed by atoms with Gasteiger partial charge < -0.3 is 44.8 Å². The molecule has 9 nitrogen and oxygen atoms in total. The maximum atomic E-state index is 9.87. The third-order valence-corrected chi connectivity index (χ3v) is 3.78. The first-order valence-electron chi connectivity index (χ1n) is 6.88. The van der Waals surface area contributed by atoms with Crippen LogP contribution in [0, 0.1) is 0 Å². The van der Waals surface area contributed by atoms with Crippen LogP contribution in [0.3, 0.4) is 0 Å². The van der Waals surface area contributed by atoms with Crippen molar-refractivity contribution in [2.75, 3.05) is 13.2 Å². The van der Waals surface area contributed by atoms with Crippen LogP contribution in [0.4, 0.5) is 0 Å². The lowest BCUT2D eigenvalue weighted by atomic mass is 9.99. The van der Waals surface area contributed by atoms with Crippen molar-refractivity contribution in [1.82, 2.24) is 0 Å². The molecule has 2 aliphatic rings. The Morgan fingerprint density at radius 1 is 0.810 bits per heavy atom. The van der Waals surface area contributed by atoms with E-state index < -0.39 is 55.8 Å². The third-order valence-electron chi connectivity index (χ3n) is 3.78. The van der Waals surface area contributed by atoms with Gasteiger partial charge in [-0.3, -0.25) is 0 Å². The van der Waals surface area contributed by atoms with Gasteiger partial charge in [-0.15, -0.1) is 0 Å². The molecule has 2 aliphatic heterocycles. The number of hydrogen-bond acceptors (Lipinski definition) is 9. The fraction of sp³-hybridized carbons (Fsp3) is 1.00. The Morgan fingerprint density at radius 2 is 1.48 bits per heavy atom. The highest BCUT2D eigenvalue weighted by Gasteiger charge is 2.46. The molecule has 2 heterocycles. The van der Waals surface area contributed by atoms with Gasteiger partial charge in [-0.2, -0.15) is 0 Å². The van der Waals surface area contributed by atoms with Crippen molar-refractivity contribution in [3.05, 3.63) is 0 Å². The van der Waals surface area contributed by atoms with Gasteiger partial charge in [-0.05, 0) is 6.42 Å². The first kappa shape index (κ1) is 17.0. The zero-order valence-corrected chi connectivity index (χ0v) is 11.4. The quantitative estimate of drug-likeness (QED) is 0.313. The highest BCUT2D eigenvalue weighted by Crippen LogP contribution is 2.27. The monoisotopic (exact) mass is 310 g/mol. The summed E-state index contributed by atoms with van der Waals surface area (Å²) in [5.41, 5.74) is 0. The Kier molecular flexibility index (Phi) is 5.88. The fourth-order valence-electron chi connectivity index (χ4n) is 2.52. The molecule has 0 amide bonds.